The molecule has 1 atom stereocenters. The van der Waals surface area contributed by atoms with Crippen LogP contribution in [0.5, 0.6) is 0 Å². The summed E-state index contributed by atoms with van der Waals surface area (Å²) in [6.45, 7) is 2.07. The summed E-state index contributed by atoms with van der Waals surface area (Å²) >= 11 is 1.50. The van der Waals surface area contributed by atoms with Gasteiger partial charge >= 0.3 is 5.69 Å². The highest BCUT2D eigenvalue weighted by atomic mass is 32.1. The second-order valence-electron chi connectivity index (χ2n) is 5.91. The molecule has 0 radical (unpaired) electrons. The van der Waals surface area contributed by atoms with E-state index in [2.05, 4.69) is 17.2 Å². The third kappa shape index (κ3) is 3.26. The van der Waals surface area contributed by atoms with Gasteiger partial charge in [0.2, 0.25) is 5.91 Å². The van der Waals surface area contributed by atoms with Gasteiger partial charge in [0.25, 0.3) is 5.56 Å². The molecule has 0 bridgehead atoms. The number of nitrogens with one attached hydrogen (secondary N) is 1. The zero-order chi connectivity index (χ0) is 16.6. The molecular formula is C15H18N4O3S. The fourth-order valence-corrected chi connectivity index (χ4v) is 3.83. The van der Waals surface area contributed by atoms with Crippen LogP contribution in [0.15, 0.2) is 21.9 Å². The molecule has 0 unspecified atom stereocenters. The van der Waals surface area contributed by atoms with Gasteiger partial charge in [-0.15, -0.1) is 11.3 Å². The summed E-state index contributed by atoms with van der Waals surface area (Å²) < 4.78 is 2.17. The van der Waals surface area contributed by atoms with E-state index in [4.69, 9.17) is 0 Å². The van der Waals surface area contributed by atoms with Crippen LogP contribution in [0.1, 0.15) is 23.9 Å². The van der Waals surface area contributed by atoms with Crippen molar-refractivity contribution in [2.24, 2.45) is 13.0 Å². The van der Waals surface area contributed by atoms with Gasteiger partial charge in [0.15, 0.2) is 5.13 Å². The van der Waals surface area contributed by atoms with E-state index in [1.54, 1.807) is 0 Å². The molecule has 0 aliphatic heterocycles. The maximum atomic E-state index is 12.1. The summed E-state index contributed by atoms with van der Waals surface area (Å²) in [4.78, 5) is 41.1. The van der Waals surface area contributed by atoms with Crippen LogP contribution in [0.3, 0.4) is 0 Å². The highest BCUT2D eigenvalue weighted by molar-refractivity contribution is 7.15. The first-order valence-corrected chi connectivity index (χ1v) is 8.30. The number of rotatable bonds is 3. The molecule has 2 aromatic rings. The van der Waals surface area contributed by atoms with Gasteiger partial charge in [-0.3, -0.25) is 18.7 Å². The molecule has 1 aliphatic rings. The van der Waals surface area contributed by atoms with Gasteiger partial charge in [-0.2, -0.15) is 0 Å². The molecule has 1 amide bonds. The molecule has 122 valence electrons. The van der Waals surface area contributed by atoms with Crippen molar-refractivity contribution < 1.29 is 4.79 Å². The lowest BCUT2D eigenvalue weighted by Crippen LogP contribution is -2.38. The molecule has 0 saturated carbocycles. The minimum Gasteiger partial charge on any atom is -0.300 e. The van der Waals surface area contributed by atoms with Crippen molar-refractivity contribution in [2.75, 3.05) is 5.32 Å². The van der Waals surface area contributed by atoms with Gasteiger partial charge in [0.05, 0.1) is 5.69 Å². The summed E-state index contributed by atoms with van der Waals surface area (Å²) in [5, 5.41) is 3.32. The van der Waals surface area contributed by atoms with E-state index in [1.807, 2.05) is 0 Å². The van der Waals surface area contributed by atoms with E-state index in [9.17, 15) is 14.4 Å². The lowest BCUT2D eigenvalue weighted by atomic mass is 9.93. The number of nitrogens with zero attached hydrogens (tertiary/aromatic N) is 3. The third-order valence-electron chi connectivity index (χ3n) is 4.01. The molecule has 2 heterocycles. The molecule has 3 rings (SSSR count). The van der Waals surface area contributed by atoms with Crippen molar-refractivity contribution in [3.63, 3.8) is 0 Å². The summed E-state index contributed by atoms with van der Waals surface area (Å²) in [6.07, 6.45) is 4.41. The average molecular weight is 334 g/mol. The Kier molecular flexibility index (Phi) is 4.16. The van der Waals surface area contributed by atoms with E-state index >= 15 is 0 Å². The fourth-order valence-electron chi connectivity index (χ4n) is 2.64. The van der Waals surface area contributed by atoms with Crippen molar-refractivity contribution >= 4 is 22.4 Å². The van der Waals surface area contributed by atoms with Crippen LogP contribution in [0, 0.1) is 5.92 Å². The van der Waals surface area contributed by atoms with E-state index < -0.39 is 11.2 Å². The number of aryl methyl sites for hydroxylation is 1. The number of thiazole rings is 1. The number of anilines is 1. The van der Waals surface area contributed by atoms with Crippen molar-refractivity contribution in [2.45, 2.75) is 32.7 Å². The Bertz CT molecular complexity index is 864. The number of hydrogen-bond acceptors (Lipinski definition) is 5. The minimum atomic E-state index is -0.514. The molecule has 0 aromatic carbocycles. The topological polar surface area (TPSA) is 86.0 Å². The van der Waals surface area contributed by atoms with Gasteiger partial charge in [-0.1, -0.05) is 6.92 Å². The van der Waals surface area contributed by atoms with E-state index in [0.717, 1.165) is 29.5 Å². The van der Waals surface area contributed by atoms with Crippen LogP contribution in [-0.2, 0) is 31.2 Å². The second-order valence-corrected chi connectivity index (χ2v) is 6.99. The second kappa shape index (κ2) is 6.11. The van der Waals surface area contributed by atoms with Crippen LogP contribution in [0.4, 0.5) is 5.13 Å². The van der Waals surface area contributed by atoms with Crippen LogP contribution in [-0.4, -0.2) is 20.0 Å². The minimum absolute atomic E-state index is 0.145. The van der Waals surface area contributed by atoms with Crippen LogP contribution >= 0.6 is 11.3 Å². The quantitative estimate of drug-likeness (QED) is 0.898. The number of hydrogen-bond donors (Lipinski definition) is 1. The van der Waals surface area contributed by atoms with Crippen molar-refractivity contribution in [1.29, 1.82) is 0 Å². The first-order valence-electron chi connectivity index (χ1n) is 7.49. The van der Waals surface area contributed by atoms with Crippen molar-refractivity contribution in [3.05, 3.63) is 43.7 Å². The fraction of sp³-hybridized carbons (Fsp3) is 0.467. The molecule has 0 spiro atoms. The molecule has 23 heavy (non-hydrogen) atoms. The Morgan fingerprint density at radius 2 is 2.26 bits per heavy atom. The van der Waals surface area contributed by atoms with Crippen molar-refractivity contribution in [1.82, 2.24) is 14.1 Å². The van der Waals surface area contributed by atoms with Gasteiger partial charge in [-0.05, 0) is 25.2 Å². The zero-order valence-corrected chi connectivity index (χ0v) is 13.9. The van der Waals surface area contributed by atoms with E-state index in [1.165, 1.54) is 40.1 Å². The number of fused-ring (bicyclic) bond motifs is 1. The number of amides is 1. The van der Waals surface area contributed by atoms with Crippen molar-refractivity contribution in [3.8, 4) is 0 Å². The standard InChI is InChI=1S/C15H18N4O3S/c1-9-3-4-10-11(7-9)23-14(16-10)17-12(20)8-19-6-5-13(21)18(2)15(19)22/h5-6,9H,3-4,7-8H2,1-2H3,(H,16,17,20)/t9-/m0/s1. The monoisotopic (exact) mass is 334 g/mol. The Morgan fingerprint density at radius 3 is 3.04 bits per heavy atom. The maximum absolute atomic E-state index is 12.1. The summed E-state index contributed by atoms with van der Waals surface area (Å²) in [6, 6.07) is 1.26. The third-order valence-corrected chi connectivity index (χ3v) is 5.04. The highest BCUT2D eigenvalue weighted by Crippen LogP contribution is 2.31. The molecule has 1 N–H and O–H groups in total. The Labute approximate surface area is 136 Å². The number of carbonyl (C=O) groups excluding carboxylic acids is 1. The SMILES string of the molecule is C[C@H]1CCc2nc(NC(=O)Cn3ccc(=O)n(C)c3=O)sc2C1. The summed E-state index contributed by atoms with van der Waals surface area (Å²) in [5.41, 5.74) is 0.163. The van der Waals surface area contributed by atoms with E-state index in [0.29, 0.717) is 11.0 Å². The highest BCUT2D eigenvalue weighted by Gasteiger charge is 2.20. The smallest absolute Gasteiger partial charge is 0.300 e. The molecule has 0 fully saturated rings. The van der Waals surface area contributed by atoms with Gasteiger partial charge < -0.3 is 5.32 Å². The van der Waals surface area contributed by atoms with Crippen LogP contribution in [0.2, 0.25) is 0 Å². The zero-order valence-electron chi connectivity index (χ0n) is 13.0. The molecule has 1 aliphatic carbocycles. The molecule has 2 aromatic heterocycles. The predicted molar refractivity (Wildman–Crippen MR) is 87.9 cm³/mol. The van der Waals surface area contributed by atoms with Gasteiger partial charge in [-0.25, -0.2) is 9.78 Å². The number of carbonyl (C=O) groups is 1. The molecular weight excluding hydrogens is 316 g/mol. The lowest BCUT2D eigenvalue weighted by Gasteiger charge is -2.15. The van der Waals surface area contributed by atoms with Gasteiger partial charge in [0, 0.05) is 24.2 Å². The molecule has 8 heteroatoms. The molecule has 7 nitrogen and oxygen atoms in total. The Balaban J connectivity index is 1.72. The lowest BCUT2D eigenvalue weighted by molar-refractivity contribution is -0.116. The summed E-state index contributed by atoms with van der Waals surface area (Å²) in [7, 11) is 1.38. The van der Waals surface area contributed by atoms with E-state index in [-0.39, 0.29) is 12.5 Å². The maximum Gasteiger partial charge on any atom is 0.331 e. The largest absolute Gasteiger partial charge is 0.331 e. The first-order chi connectivity index (χ1) is 10.9. The average Bonchev–Trinajstić information content (AvgIpc) is 2.89. The van der Waals surface area contributed by atoms with Gasteiger partial charge in [0.1, 0.15) is 6.54 Å². The first kappa shape index (κ1) is 15.7. The Hall–Kier alpha value is -2.22. The van der Waals surface area contributed by atoms with Crippen LogP contribution in [0.25, 0.3) is 0 Å². The predicted octanol–water partition coefficient (Wildman–Crippen LogP) is 0.767. The number of aromatic nitrogens is 3. The molecule has 0 saturated heterocycles. The normalized spacial score (nSPS) is 16.9. The summed E-state index contributed by atoms with van der Waals surface area (Å²) in [5.74, 6) is 0.320. The Morgan fingerprint density at radius 1 is 1.48 bits per heavy atom. The van der Waals surface area contributed by atoms with Crippen LogP contribution < -0.4 is 16.6 Å².